The molecule has 2 N–H and O–H groups in total. The average molecular weight is 248 g/mol. The van der Waals surface area contributed by atoms with E-state index in [1.807, 2.05) is 38.9 Å². The zero-order valence-electron chi connectivity index (χ0n) is 11.4. The summed E-state index contributed by atoms with van der Waals surface area (Å²) in [5, 5.41) is 21.8. The van der Waals surface area contributed by atoms with E-state index in [0.29, 0.717) is 30.2 Å². The Balaban J connectivity index is 2.67. The maximum absolute atomic E-state index is 9.74. The van der Waals surface area contributed by atoms with Crippen molar-refractivity contribution in [3.63, 3.8) is 0 Å². The van der Waals surface area contributed by atoms with Crippen LogP contribution < -0.4 is 5.32 Å². The second-order valence-electron chi connectivity index (χ2n) is 4.69. The molecule has 0 amide bonds. The quantitative estimate of drug-likeness (QED) is 0.810. The van der Waals surface area contributed by atoms with E-state index in [1.165, 1.54) is 0 Å². The van der Waals surface area contributed by atoms with Crippen LogP contribution in [-0.4, -0.2) is 48.3 Å². The SMILES string of the molecule is Cc1cc(NC[C@H](O)CN(C)C)nc(C)c1C#N. The summed E-state index contributed by atoms with van der Waals surface area (Å²) in [4.78, 5) is 6.22. The van der Waals surface area contributed by atoms with Gasteiger partial charge in [0.2, 0.25) is 0 Å². The number of hydrogen-bond donors (Lipinski definition) is 2. The second-order valence-corrected chi connectivity index (χ2v) is 4.69. The molecule has 0 fully saturated rings. The Morgan fingerprint density at radius 1 is 1.50 bits per heavy atom. The fraction of sp³-hybridized carbons (Fsp3) is 0.538. The lowest BCUT2D eigenvalue weighted by Gasteiger charge is -2.17. The Bertz CT molecular complexity index is 428. The summed E-state index contributed by atoms with van der Waals surface area (Å²) in [5.74, 6) is 0.696. The zero-order valence-corrected chi connectivity index (χ0v) is 11.4. The van der Waals surface area contributed by atoms with Crippen molar-refractivity contribution in [2.45, 2.75) is 20.0 Å². The number of hydrogen-bond acceptors (Lipinski definition) is 5. The van der Waals surface area contributed by atoms with Gasteiger partial charge in [0.25, 0.3) is 0 Å². The Labute approximate surface area is 108 Å². The van der Waals surface area contributed by atoms with Crippen molar-refractivity contribution in [3.05, 3.63) is 22.9 Å². The van der Waals surface area contributed by atoms with Gasteiger partial charge in [0.15, 0.2) is 0 Å². The van der Waals surface area contributed by atoms with Crippen LogP contribution in [0, 0.1) is 25.2 Å². The van der Waals surface area contributed by atoms with E-state index in [1.54, 1.807) is 0 Å². The van der Waals surface area contributed by atoms with E-state index in [4.69, 9.17) is 5.26 Å². The van der Waals surface area contributed by atoms with Crippen LogP contribution in [0.15, 0.2) is 6.07 Å². The fourth-order valence-electron chi connectivity index (χ4n) is 1.80. The highest BCUT2D eigenvalue weighted by Gasteiger charge is 2.08. The first-order valence-corrected chi connectivity index (χ1v) is 5.89. The molecule has 98 valence electrons. The van der Waals surface area contributed by atoms with Gasteiger partial charge in [-0.3, -0.25) is 0 Å². The van der Waals surface area contributed by atoms with Crippen LogP contribution in [0.3, 0.4) is 0 Å². The highest BCUT2D eigenvalue weighted by Crippen LogP contribution is 2.15. The van der Waals surface area contributed by atoms with Gasteiger partial charge >= 0.3 is 0 Å². The summed E-state index contributed by atoms with van der Waals surface area (Å²) >= 11 is 0. The molecule has 1 aromatic rings. The molecule has 5 nitrogen and oxygen atoms in total. The summed E-state index contributed by atoms with van der Waals surface area (Å²) in [6.07, 6.45) is -0.446. The molecule has 0 aliphatic heterocycles. The molecule has 1 heterocycles. The van der Waals surface area contributed by atoms with Crippen molar-refractivity contribution in [2.75, 3.05) is 32.5 Å². The first-order valence-electron chi connectivity index (χ1n) is 5.89. The number of aliphatic hydroxyl groups is 1. The molecule has 1 aromatic heterocycles. The van der Waals surface area contributed by atoms with Gasteiger partial charge in [-0.1, -0.05) is 0 Å². The molecule has 0 saturated carbocycles. The van der Waals surface area contributed by atoms with Crippen LogP contribution >= 0.6 is 0 Å². The largest absolute Gasteiger partial charge is 0.390 e. The number of anilines is 1. The van der Waals surface area contributed by atoms with E-state index in [9.17, 15) is 5.11 Å². The third-order valence-corrected chi connectivity index (χ3v) is 2.60. The molecule has 0 aliphatic carbocycles. The molecule has 0 saturated heterocycles. The Morgan fingerprint density at radius 2 is 2.17 bits per heavy atom. The van der Waals surface area contributed by atoms with E-state index < -0.39 is 6.10 Å². The molecule has 18 heavy (non-hydrogen) atoms. The van der Waals surface area contributed by atoms with Crippen molar-refractivity contribution in [1.29, 1.82) is 5.26 Å². The van der Waals surface area contributed by atoms with Crippen molar-refractivity contribution in [2.24, 2.45) is 0 Å². The summed E-state index contributed by atoms with van der Waals surface area (Å²) in [7, 11) is 3.83. The lowest BCUT2D eigenvalue weighted by atomic mass is 10.1. The number of pyridine rings is 1. The predicted molar refractivity (Wildman–Crippen MR) is 71.5 cm³/mol. The van der Waals surface area contributed by atoms with Gasteiger partial charge in [-0.25, -0.2) is 4.98 Å². The topological polar surface area (TPSA) is 72.2 Å². The van der Waals surface area contributed by atoms with Crippen molar-refractivity contribution >= 4 is 5.82 Å². The third-order valence-electron chi connectivity index (χ3n) is 2.60. The number of likely N-dealkylation sites (N-methyl/N-ethyl adjacent to an activating group) is 1. The molecule has 1 rings (SSSR count). The van der Waals surface area contributed by atoms with E-state index in [0.717, 1.165) is 5.56 Å². The Morgan fingerprint density at radius 3 is 2.67 bits per heavy atom. The predicted octanol–water partition coefficient (Wildman–Crippen LogP) is 0.905. The van der Waals surface area contributed by atoms with Gasteiger partial charge < -0.3 is 15.3 Å². The number of aromatic nitrogens is 1. The molecule has 1 atom stereocenters. The highest BCUT2D eigenvalue weighted by atomic mass is 16.3. The van der Waals surface area contributed by atoms with Gasteiger partial charge in [-0.05, 0) is 39.6 Å². The molecule has 0 spiro atoms. The lowest BCUT2D eigenvalue weighted by Crippen LogP contribution is -2.31. The van der Waals surface area contributed by atoms with Crippen molar-refractivity contribution < 1.29 is 5.11 Å². The van der Waals surface area contributed by atoms with E-state index in [-0.39, 0.29) is 0 Å². The van der Waals surface area contributed by atoms with Gasteiger partial charge in [0, 0.05) is 13.1 Å². The molecule has 0 aromatic carbocycles. The average Bonchev–Trinajstić information content (AvgIpc) is 2.25. The summed E-state index contributed by atoms with van der Waals surface area (Å²) in [6, 6.07) is 3.96. The maximum atomic E-state index is 9.74. The lowest BCUT2D eigenvalue weighted by molar-refractivity contribution is 0.148. The minimum absolute atomic E-state index is 0.440. The molecule has 0 radical (unpaired) electrons. The molecule has 0 bridgehead atoms. The minimum atomic E-state index is -0.446. The summed E-state index contributed by atoms with van der Waals surface area (Å²) in [6.45, 7) is 4.73. The molecular weight excluding hydrogens is 228 g/mol. The van der Waals surface area contributed by atoms with Crippen LogP contribution in [0.2, 0.25) is 0 Å². The zero-order chi connectivity index (χ0) is 13.7. The molecule has 0 unspecified atom stereocenters. The molecule has 5 heteroatoms. The fourth-order valence-corrected chi connectivity index (χ4v) is 1.80. The molecular formula is C13H20N4O. The number of rotatable bonds is 5. The van der Waals surface area contributed by atoms with Crippen LogP contribution in [0.1, 0.15) is 16.8 Å². The van der Waals surface area contributed by atoms with Crippen LogP contribution in [-0.2, 0) is 0 Å². The van der Waals surface area contributed by atoms with Crippen LogP contribution in [0.4, 0.5) is 5.82 Å². The first-order chi connectivity index (χ1) is 8.43. The van der Waals surface area contributed by atoms with E-state index >= 15 is 0 Å². The van der Waals surface area contributed by atoms with E-state index in [2.05, 4.69) is 16.4 Å². The third kappa shape index (κ3) is 3.99. The van der Waals surface area contributed by atoms with Gasteiger partial charge in [-0.2, -0.15) is 5.26 Å². The standard InChI is InChI=1S/C13H20N4O/c1-9-5-13(16-10(2)12(9)6-14)15-7-11(18)8-17(3)4/h5,11,18H,7-8H2,1-4H3,(H,15,16)/t11-/m0/s1. The number of nitriles is 1. The van der Waals surface area contributed by atoms with Crippen LogP contribution in [0.5, 0.6) is 0 Å². The number of nitrogens with zero attached hydrogens (tertiary/aromatic N) is 3. The Hall–Kier alpha value is -1.64. The van der Waals surface area contributed by atoms with Gasteiger partial charge in [0.1, 0.15) is 11.9 Å². The van der Waals surface area contributed by atoms with Crippen molar-refractivity contribution in [3.8, 4) is 6.07 Å². The smallest absolute Gasteiger partial charge is 0.126 e. The highest BCUT2D eigenvalue weighted by molar-refractivity contribution is 5.48. The van der Waals surface area contributed by atoms with Gasteiger partial charge in [0.05, 0.1) is 17.4 Å². The summed E-state index contributed by atoms with van der Waals surface area (Å²) in [5.41, 5.74) is 2.23. The monoisotopic (exact) mass is 248 g/mol. The first kappa shape index (κ1) is 14.4. The minimum Gasteiger partial charge on any atom is -0.390 e. The number of aryl methyl sites for hydroxylation is 2. The molecule has 0 aliphatic rings. The van der Waals surface area contributed by atoms with Gasteiger partial charge in [-0.15, -0.1) is 0 Å². The van der Waals surface area contributed by atoms with Crippen molar-refractivity contribution in [1.82, 2.24) is 9.88 Å². The second kappa shape index (κ2) is 6.34. The summed E-state index contributed by atoms with van der Waals surface area (Å²) < 4.78 is 0. The normalized spacial score (nSPS) is 12.3. The number of aliphatic hydroxyl groups excluding tert-OH is 1. The maximum Gasteiger partial charge on any atom is 0.126 e. The number of nitrogens with one attached hydrogen (secondary N) is 1. The Kier molecular flexibility index (Phi) is 5.08. The van der Waals surface area contributed by atoms with Crippen LogP contribution in [0.25, 0.3) is 0 Å².